The van der Waals surface area contributed by atoms with Crippen LogP contribution in [-0.2, 0) is 0 Å². The van der Waals surface area contributed by atoms with Crippen molar-refractivity contribution in [1.82, 2.24) is 10.2 Å². The van der Waals surface area contributed by atoms with Crippen molar-refractivity contribution in [2.75, 3.05) is 13.1 Å². The first-order valence-electron chi connectivity index (χ1n) is 7.67. The van der Waals surface area contributed by atoms with Gasteiger partial charge in [-0.1, -0.05) is 57.5 Å². The molecule has 1 N–H and O–H groups in total. The highest BCUT2D eigenvalue weighted by molar-refractivity contribution is 5.76. The third kappa shape index (κ3) is 6.98. The van der Waals surface area contributed by atoms with E-state index in [-0.39, 0.29) is 6.03 Å². The highest BCUT2D eigenvalue weighted by atomic mass is 16.2. The molecule has 0 fully saturated rings. The number of amides is 2. The molecule has 21 heavy (non-hydrogen) atoms. The van der Waals surface area contributed by atoms with E-state index in [1.165, 1.54) is 5.56 Å². The number of hydrogen-bond acceptors (Lipinski definition) is 1. The maximum atomic E-state index is 12.2. The number of carbonyl (C=O) groups excluding carboxylic acids is 1. The van der Waals surface area contributed by atoms with Crippen molar-refractivity contribution in [1.29, 1.82) is 0 Å². The van der Waals surface area contributed by atoms with Crippen molar-refractivity contribution >= 4 is 12.1 Å². The molecule has 0 aliphatic heterocycles. The summed E-state index contributed by atoms with van der Waals surface area (Å²) in [6.45, 7) is 12.1. The molecular formula is C18H28N2O. The van der Waals surface area contributed by atoms with Crippen LogP contribution in [0.5, 0.6) is 0 Å². The summed E-state index contributed by atoms with van der Waals surface area (Å²) < 4.78 is 0. The lowest BCUT2D eigenvalue weighted by molar-refractivity contribution is 0.187. The SMILES string of the molecule is Cc1ccc(/C=C/NC(=O)N(CC(C)C)CC(C)C)cc1. The van der Waals surface area contributed by atoms with E-state index in [1.54, 1.807) is 6.20 Å². The normalized spacial score (nSPS) is 11.4. The molecule has 0 saturated heterocycles. The zero-order chi connectivity index (χ0) is 15.8. The molecule has 3 nitrogen and oxygen atoms in total. The van der Waals surface area contributed by atoms with Crippen LogP contribution in [0, 0.1) is 18.8 Å². The fraction of sp³-hybridized carbons (Fsp3) is 0.500. The second kappa shape index (κ2) is 8.50. The zero-order valence-electron chi connectivity index (χ0n) is 13.9. The molecule has 2 amide bonds. The van der Waals surface area contributed by atoms with Gasteiger partial charge in [-0.2, -0.15) is 0 Å². The van der Waals surface area contributed by atoms with Crippen molar-refractivity contribution in [3.63, 3.8) is 0 Å². The van der Waals surface area contributed by atoms with Gasteiger partial charge in [-0.3, -0.25) is 0 Å². The van der Waals surface area contributed by atoms with Crippen LogP contribution in [0.1, 0.15) is 38.8 Å². The predicted molar refractivity (Wildman–Crippen MR) is 90.0 cm³/mol. The van der Waals surface area contributed by atoms with Crippen molar-refractivity contribution in [3.8, 4) is 0 Å². The summed E-state index contributed by atoms with van der Waals surface area (Å²) in [6, 6.07) is 8.17. The Balaban J connectivity index is 2.57. The minimum Gasteiger partial charge on any atom is -0.324 e. The molecule has 1 aromatic carbocycles. The second-order valence-corrected chi connectivity index (χ2v) is 6.39. The summed E-state index contributed by atoms with van der Waals surface area (Å²) in [5.41, 5.74) is 2.32. The van der Waals surface area contributed by atoms with Crippen LogP contribution in [0.25, 0.3) is 6.08 Å². The van der Waals surface area contributed by atoms with E-state index in [1.807, 2.05) is 23.1 Å². The standard InChI is InChI=1S/C18H28N2O/c1-14(2)12-20(13-15(3)4)18(21)19-11-10-17-8-6-16(5)7-9-17/h6-11,14-15H,12-13H2,1-5H3,(H,19,21)/b11-10+. The molecule has 3 heteroatoms. The highest BCUT2D eigenvalue weighted by Crippen LogP contribution is 2.06. The molecule has 0 aromatic heterocycles. The minimum atomic E-state index is -0.0271. The van der Waals surface area contributed by atoms with Crippen LogP contribution in [-0.4, -0.2) is 24.0 Å². The lowest BCUT2D eigenvalue weighted by Crippen LogP contribution is -2.41. The Bertz CT molecular complexity index is 451. The van der Waals surface area contributed by atoms with E-state index < -0.39 is 0 Å². The molecule has 0 unspecified atom stereocenters. The average Bonchev–Trinajstić information content (AvgIpc) is 2.39. The van der Waals surface area contributed by atoms with Crippen molar-refractivity contribution in [2.24, 2.45) is 11.8 Å². The maximum absolute atomic E-state index is 12.2. The van der Waals surface area contributed by atoms with Crippen LogP contribution in [0.3, 0.4) is 0 Å². The Morgan fingerprint density at radius 3 is 2.10 bits per heavy atom. The highest BCUT2D eigenvalue weighted by Gasteiger charge is 2.14. The van der Waals surface area contributed by atoms with Gasteiger partial charge in [0.2, 0.25) is 0 Å². The summed E-state index contributed by atoms with van der Waals surface area (Å²) in [5.74, 6) is 0.936. The Labute approximate surface area is 129 Å². The monoisotopic (exact) mass is 288 g/mol. The molecule has 0 atom stereocenters. The van der Waals surface area contributed by atoms with Gasteiger partial charge in [0.25, 0.3) is 0 Å². The number of rotatable bonds is 6. The summed E-state index contributed by atoms with van der Waals surface area (Å²) in [4.78, 5) is 14.1. The van der Waals surface area contributed by atoms with E-state index >= 15 is 0 Å². The van der Waals surface area contributed by atoms with E-state index in [0.29, 0.717) is 11.8 Å². The average molecular weight is 288 g/mol. The molecule has 0 saturated carbocycles. The maximum Gasteiger partial charge on any atom is 0.321 e. The third-order valence-electron chi connectivity index (χ3n) is 3.02. The molecule has 1 aromatic rings. The van der Waals surface area contributed by atoms with Gasteiger partial charge in [-0.25, -0.2) is 4.79 Å². The lowest BCUT2D eigenvalue weighted by Gasteiger charge is -2.25. The first-order valence-corrected chi connectivity index (χ1v) is 7.67. The molecule has 0 aliphatic carbocycles. The number of aryl methyl sites for hydroxylation is 1. The summed E-state index contributed by atoms with van der Waals surface area (Å²) >= 11 is 0. The summed E-state index contributed by atoms with van der Waals surface area (Å²) in [7, 11) is 0. The molecule has 0 heterocycles. The van der Waals surface area contributed by atoms with Crippen molar-refractivity contribution in [2.45, 2.75) is 34.6 Å². The van der Waals surface area contributed by atoms with E-state index in [4.69, 9.17) is 0 Å². The Hall–Kier alpha value is -1.77. The van der Waals surface area contributed by atoms with Gasteiger partial charge in [0, 0.05) is 19.3 Å². The predicted octanol–water partition coefficient (Wildman–Crippen LogP) is 4.29. The molecule has 0 bridgehead atoms. The van der Waals surface area contributed by atoms with Gasteiger partial charge in [-0.05, 0) is 30.4 Å². The molecule has 0 spiro atoms. The van der Waals surface area contributed by atoms with Crippen LogP contribution >= 0.6 is 0 Å². The van der Waals surface area contributed by atoms with Crippen molar-refractivity contribution < 1.29 is 4.79 Å². The Kier molecular flexibility index (Phi) is 7.00. The first-order chi connectivity index (χ1) is 9.88. The molecule has 0 radical (unpaired) electrons. The minimum absolute atomic E-state index is 0.0271. The largest absolute Gasteiger partial charge is 0.324 e. The van der Waals surface area contributed by atoms with Gasteiger partial charge in [-0.15, -0.1) is 0 Å². The first kappa shape index (κ1) is 17.3. The Morgan fingerprint density at radius 2 is 1.62 bits per heavy atom. The number of carbonyl (C=O) groups is 1. The van der Waals surface area contributed by atoms with Crippen molar-refractivity contribution in [3.05, 3.63) is 41.6 Å². The molecule has 116 valence electrons. The number of nitrogens with one attached hydrogen (secondary N) is 1. The number of benzene rings is 1. The van der Waals surface area contributed by atoms with E-state index in [0.717, 1.165) is 18.7 Å². The molecule has 1 rings (SSSR count). The topological polar surface area (TPSA) is 32.3 Å². The van der Waals surface area contributed by atoms with Crippen LogP contribution in [0.4, 0.5) is 4.79 Å². The van der Waals surface area contributed by atoms with Crippen LogP contribution in [0.2, 0.25) is 0 Å². The van der Waals surface area contributed by atoms with Crippen LogP contribution in [0.15, 0.2) is 30.5 Å². The smallest absolute Gasteiger partial charge is 0.321 e. The summed E-state index contributed by atoms with van der Waals surface area (Å²) in [6.07, 6.45) is 3.64. The molecular weight excluding hydrogens is 260 g/mol. The molecule has 0 aliphatic rings. The second-order valence-electron chi connectivity index (χ2n) is 6.39. The van der Waals surface area contributed by atoms with E-state index in [9.17, 15) is 4.79 Å². The quantitative estimate of drug-likeness (QED) is 0.832. The van der Waals surface area contributed by atoms with Gasteiger partial charge >= 0.3 is 6.03 Å². The zero-order valence-corrected chi connectivity index (χ0v) is 13.9. The van der Waals surface area contributed by atoms with Crippen LogP contribution < -0.4 is 5.32 Å². The number of hydrogen-bond donors (Lipinski definition) is 1. The van der Waals surface area contributed by atoms with Gasteiger partial charge < -0.3 is 10.2 Å². The number of nitrogens with zero attached hydrogens (tertiary/aromatic N) is 1. The van der Waals surface area contributed by atoms with E-state index in [2.05, 4.69) is 52.1 Å². The van der Waals surface area contributed by atoms with Gasteiger partial charge in [0.15, 0.2) is 0 Å². The number of urea groups is 1. The fourth-order valence-corrected chi connectivity index (χ4v) is 2.10. The fourth-order valence-electron chi connectivity index (χ4n) is 2.10. The summed E-state index contributed by atoms with van der Waals surface area (Å²) in [5, 5.41) is 2.86. The lowest BCUT2D eigenvalue weighted by atomic mass is 10.1. The van der Waals surface area contributed by atoms with Gasteiger partial charge in [0.1, 0.15) is 0 Å². The Morgan fingerprint density at radius 1 is 1.10 bits per heavy atom. The third-order valence-corrected chi connectivity index (χ3v) is 3.02. The van der Waals surface area contributed by atoms with Gasteiger partial charge in [0.05, 0.1) is 0 Å².